The zero-order chi connectivity index (χ0) is 13.6. The first-order valence-corrected chi connectivity index (χ1v) is 6.04. The van der Waals surface area contributed by atoms with Gasteiger partial charge in [0.2, 0.25) is 0 Å². The zero-order valence-electron chi connectivity index (χ0n) is 10.3. The summed E-state index contributed by atoms with van der Waals surface area (Å²) in [7, 11) is 0. The van der Waals surface area contributed by atoms with Gasteiger partial charge in [0, 0.05) is 5.92 Å². The molecule has 0 bridgehead atoms. The van der Waals surface area contributed by atoms with Crippen LogP contribution in [0.2, 0.25) is 0 Å². The monoisotopic (exact) mass is 261 g/mol. The van der Waals surface area contributed by atoms with Gasteiger partial charge in [0.05, 0.1) is 25.1 Å². The van der Waals surface area contributed by atoms with E-state index in [4.69, 9.17) is 5.73 Å². The summed E-state index contributed by atoms with van der Waals surface area (Å²) in [6, 6.07) is -0.133. The maximum Gasteiger partial charge on any atom is 0.165 e. The first kappa shape index (κ1) is 12.1. The molecule has 100 valence electrons. The number of nitrogens with zero attached hydrogens (tertiary/aromatic N) is 4. The fourth-order valence-corrected chi connectivity index (χ4v) is 2.67. The van der Waals surface area contributed by atoms with Crippen LogP contribution in [0.25, 0.3) is 11.2 Å². The molecule has 2 aromatic heterocycles. The Kier molecular flexibility index (Phi) is 2.72. The molecule has 4 N–H and O–H groups in total. The summed E-state index contributed by atoms with van der Waals surface area (Å²) >= 11 is 0. The third kappa shape index (κ3) is 1.70. The van der Waals surface area contributed by atoms with Gasteiger partial charge in [-0.15, -0.1) is 0 Å². The van der Waals surface area contributed by atoms with Gasteiger partial charge in [0.15, 0.2) is 11.5 Å². The van der Waals surface area contributed by atoms with Gasteiger partial charge in [-0.1, -0.05) is 6.58 Å². The molecule has 7 nitrogen and oxygen atoms in total. The Hall–Kier alpha value is -1.99. The number of nitrogen functional groups attached to an aromatic ring is 1. The molecule has 1 aliphatic rings. The molecular weight excluding hydrogens is 246 g/mol. The van der Waals surface area contributed by atoms with Crippen LogP contribution in [0.4, 0.5) is 5.82 Å². The van der Waals surface area contributed by atoms with E-state index >= 15 is 0 Å². The number of hydrogen-bond acceptors (Lipinski definition) is 6. The van der Waals surface area contributed by atoms with Gasteiger partial charge < -0.3 is 20.5 Å². The average molecular weight is 261 g/mol. The van der Waals surface area contributed by atoms with E-state index in [1.807, 2.05) is 4.57 Å². The highest BCUT2D eigenvalue weighted by molar-refractivity contribution is 5.81. The van der Waals surface area contributed by atoms with Gasteiger partial charge in [-0.05, 0) is 12.0 Å². The highest BCUT2D eigenvalue weighted by atomic mass is 16.3. The first-order valence-electron chi connectivity index (χ1n) is 6.04. The third-order valence-electron chi connectivity index (χ3n) is 3.75. The largest absolute Gasteiger partial charge is 0.396 e. The van der Waals surface area contributed by atoms with Crippen LogP contribution in [-0.2, 0) is 0 Å². The Balaban J connectivity index is 2.06. The van der Waals surface area contributed by atoms with Crippen molar-refractivity contribution in [3.63, 3.8) is 0 Å². The number of nitrogens with two attached hydrogens (primary N) is 1. The molecule has 0 aliphatic heterocycles. The Morgan fingerprint density at radius 1 is 1.42 bits per heavy atom. The summed E-state index contributed by atoms with van der Waals surface area (Å²) in [6.45, 7) is 3.87. The molecule has 0 radical (unpaired) electrons. The van der Waals surface area contributed by atoms with E-state index in [0.717, 1.165) is 5.57 Å². The normalized spacial score (nSPS) is 27.3. The second-order valence-corrected chi connectivity index (χ2v) is 4.77. The predicted molar refractivity (Wildman–Crippen MR) is 69.1 cm³/mol. The van der Waals surface area contributed by atoms with Crippen molar-refractivity contribution in [2.24, 2.45) is 5.92 Å². The molecule has 2 heterocycles. The maximum absolute atomic E-state index is 9.94. The van der Waals surface area contributed by atoms with Gasteiger partial charge in [-0.25, -0.2) is 15.0 Å². The van der Waals surface area contributed by atoms with Crippen LogP contribution >= 0.6 is 0 Å². The lowest BCUT2D eigenvalue weighted by molar-refractivity contribution is 0.101. The topological polar surface area (TPSA) is 110 Å². The summed E-state index contributed by atoms with van der Waals surface area (Å²) in [4.78, 5) is 12.3. The van der Waals surface area contributed by atoms with Crippen molar-refractivity contribution in [3.8, 4) is 0 Å². The smallest absolute Gasteiger partial charge is 0.165 e. The first-order chi connectivity index (χ1) is 9.13. The Labute approximate surface area is 109 Å². The minimum Gasteiger partial charge on any atom is -0.396 e. The lowest BCUT2D eigenvalue weighted by atomic mass is 10.0. The molecule has 0 saturated heterocycles. The molecule has 0 amide bonds. The van der Waals surface area contributed by atoms with E-state index in [1.54, 1.807) is 6.33 Å². The van der Waals surface area contributed by atoms with Crippen LogP contribution in [0.1, 0.15) is 12.5 Å². The van der Waals surface area contributed by atoms with Crippen molar-refractivity contribution in [2.75, 3.05) is 12.3 Å². The van der Waals surface area contributed by atoms with Crippen molar-refractivity contribution in [1.29, 1.82) is 0 Å². The molecule has 0 spiro atoms. The molecule has 0 unspecified atom stereocenters. The molecule has 3 atom stereocenters. The molecular formula is C12H15N5O2. The Bertz CT molecular complexity index is 638. The Morgan fingerprint density at radius 3 is 2.89 bits per heavy atom. The van der Waals surface area contributed by atoms with Crippen LogP contribution in [0.15, 0.2) is 24.8 Å². The van der Waals surface area contributed by atoms with E-state index in [2.05, 4.69) is 21.5 Å². The van der Waals surface area contributed by atoms with Gasteiger partial charge in [0.1, 0.15) is 11.8 Å². The van der Waals surface area contributed by atoms with Crippen molar-refractivity contribution < 1.29 is 10.2 Å². The van der Waals surface area contributed by atoms with Crippen molar-refractivity contribution in [2.45, 2.75) is 18.6 Å². The fraction of sp³-hybridized carbons (Fsp3) is 0.417. The molecule has 3 rings (SSSR count). The van der Waals surface area contributed by atoms with Crippen LogP contribution in [0.3, 0.4) is 0 Å². The van der Waals surface area contributed by atoms with Crippen molar-refractivity contribution in [3.05, 3.63) is 24.8 Å². The quantitative estimate of drug-likeness (QED) is 0.650. The minimum atomic E-state index is -0.598. The fourth-order valence-electron chi connectivity index (χ4n) is 2.67. The zero-order valence-corrected chi connectivity index (χ0v) is 10.3. The van der Waals surface area contributed by atoms with Gasteiger partial charge in [-0.3, -0.25) is 0 Å². The number of anilines is 1. The van der Waals surface area contributed by atoms with Crippen LogP contribution in [0.5, 0.6) is 0 Å². The number of aliphatic hydroxyl groups excluding tert-OH is 2. The highest BCUT2D eigenvalue weighted by Crippen LogP contribution is 2.40. The predicted octanol–water partition coefficient (Wildman–Crippen LogP) is -0.121. The third-order valence-corrected chi connectivity index (χ3v) is 3.75. The van der Waals surface area contributed by atoms with Gasteiger partial charge in [-0.2, -0.15) is 0 Å². The summed E-state index contributed by atoms with van der Waals surface area (Å²) in [5.74, 6) is 0.0215. The Morgan fingerprint density at radius 2 is 2.21 bits per heavy atom. The van der Waals surface area contributed by atoms with Crippen LogP contribution in [0, 0.1) is 5.92 Å². The second kappa shape index (κ2) is 4.29. The molecule has 2 aromatic rings. The summed E-state index contributed by atoms with van der Waals surface area (Å²) in [5.41, 5.74) is 7.68. The van der Waals surface area contributed by atoms with Gasteiger partial charge in [0.25, 0.3) is 0 Å². The molecule has 1 fully saturated rings. The molecule has 1 aliphatic carbocycles. The average Bonchev–Trinajstić information content (AvgIpc) is 2.92. The van der Waals surface area contributed by atoms with E-state index in [-0.39, 0.29) is 18.6 Å². The van der Waals surface area contributed by atoms with E-state index in [1.165, 1.54) is 6.33 Å². The standard InChI is InChI=1S/C12H15N5O2/c1-6-7(3-18)9(19)2-8(6)17-5-16-10-11(13)14-4-15-12(10)17/h4-5,7-9,18-19H,1-3H2,(H2,13,14,15)/t7-,8-,9-/m0/s1. The second-order valence-electron chi connectivity index (χ2n) is 4.77. The van der Waals surface area contributed by atoms with E-state index in [0.29, 0.717) is 23.4 Å². The van der Waals surface area contributed by atoms with Crippen LogP contribution < -0.4 is 5.73 Å². The molecule has 7 heteroatoms. The number of imidazole rings is 1. The summed E-state index contributed by atoms with van der Waals surface area (Å²) in [6.07, 6.45) is 2.89. The van der Waals surface area contributed by atoms with Crippen LogP contribution in [-0.4, -0.2) is 42.4 Å². The van der Waals surface area contributed by atoms with Crippen molar-refractivity contribution >= 4 is 17.0 Å². The molecule has 0 aromatic carbocycles. The number of rotatable bonds is 2. The summed E-state index contributed by atoms with van der Waals surface area (Å²) < 4.78 is 1.83. The molecule has 1 saturated carbocycles. The molecule has 19 heavy (non-hydrogen) atoms. The highest BCUT2D eigenvalue weighted by Gasteiger charge is 2.37. The maximum atomic E-state index is 9.94. The van der Waals surface area contributed by atoms with Gasteiger partial charge >= 0.3 is 0 Å². The number of hydrogen-bond donors (Lipinski definition) is 3. The number of aliphatic hydroxyl groups is 2. The minimum absolute atomic E-state index is 0.111. The van der Waals surface area contributed by atoms with Crippen molar-refractivity contribution in [1.82, 2.24) is 19.5 Å². The van der Waals surface area contributed by atoms with E-state index in [9.17, 15) is 10.2 Å². The lowest BCUT2D eigenvalue weighted by Gasteiger charge is -2.15. The number of aromatic nitrogens is 4. The number of fused-ring (bicyclic) bond motifs is 1. The van der Waals surface area contributed by atoms with E-state index < -0.39 is 6.10 Å². The summed E-state index contributed by atoms with van der Waals surface area (Å²) in [5, 5.41) is 19.2. The SMILES string of the molecule is C=C1[C@H](CO)[C@@H](O)C[C@@H]1n1cnc2c(N)ncnc21. The lowest BCUT2D eigenvalue weighted by Crippen LogP contribution is -2.17.